The molecule has 3 heteroatoms. The molecule has 3 N–H and O–H groups in total. The van der Waals surface area contributed by atoms with Crippen LogP contribution in [0.3, 0.4) is 0 Å². The highest BCUT2D eigenvalue weighted by Crippen LogP contribution is 2.26. The summed E-state index contributed by atoms with van der Waals surface area (Å²) in [7, 11) is 0. The Labute approximate surface area is 111 Å². The van der Waals surface area contributed by atoms with Crippen molar-refractivity contribution in [3.05, 3.63) is 35.9 Å². The van der Waals surface area contributed by atoms with Crippen LogP contribution in [0.4, 0.5) is 0 Å². The second-order valence-corrected chi connectivity index (χ2v) is 5.70. The predicted octanol–water partition coefficient (Wildman–Crippen LogP) is 2.51. The third kappa shape index (κ3) is 4.41. The number of hydrogen-bond acceptors (Lipinski definition) is 3. The van der Waals surface area contributed by atoms with Gasteiger partial charge in [-0.25, -0.2) is 0 Å². The first kappa shape index (κ1) is 15.2. The monoisotopic (exact) mass is 250 g/mol. The van der Waals surface area contributed by atoms with Crippen LogP contribution in [0.25, 0.3) is 0 Å². The summed E-state index contributed by atoms with van der Waals surface area (Å²) < 4.78 is 5.89. The molecule has 3 nitrogen and oxygen atoms in total. The topological polar surface area (TPSA) is 47.3 Å². The van der Waals surface area contributed by atoms with E-state index in [0.29, 0.717) is 6.61 Å². The van der Waals surface area contributed by atoms with Gasteiger partial charge in [-0.15, -0.1) is 0 Å². The Morgan fingerprint density at radius 2 is 1.83 bits per heavy atom. The average molecular weight is 250 g/mol. The van der Waals surface area contributed by atoms with E-state index in [9.17, 15) is 0 Å². The lowest BCUT2D eigenvalue weighted by atomic mass is 9.82. The molecule has 1 rings (SSSR count). The second kappa shape index (κ2) is 6.88. The lowest BCUT2D eigenvalue weighted by Crippen LogP contribution is -2.52. The molecule has 0 amide bonds. The van der Waals surface area contributed by atoms with E-state index >= 15 is 0 Å². The number of ether oxygens (including phenoxy) is 1. The van der Waals surface area contributed by atoms with E-state index in [0.717, 1.165) is 6.42 Å². The molecule has 0 aliphatic rings. The molecule has 0 heterocycles. The molecule has 1 aromatic carbocycles. The molecule has 0 aliphatic heterocycles. The number of rotatable bonds is 6. The normalized spacial score (nSPS) is 15.4. The van der Waals surface area contributed by atoms with Crippen molar-refractivity contribution in [3.63, 3.8) is 0 Å². The van der Waals surface area contributed by atoms with Crippen molar-refractivity contribution < 1.29 is 4.74 Å². The minimum atomic E-state index is 0.0574. The summed E-state index contributed by atoms with van der Waals surface area (Å²) in [5.74, 6) is 5.72. The third-order valence-electron chi connectivity index (χ3n) is 3.08. The van der Waals surface area contributed by atoms with E-state index in [-0.39, 0.29) is 17.6 Å². The maximum absolute atomic E-state index is 5.89. The maximum atomic E-state index is 5.89. The van der Waals surface area contributed by atoms with Crippen LogP contribution in [0.2, 0.25) is 0 Å². The Hall–Kier alpha value is -0.900. The molecule has 18 heavy (non-hydrogen) atoms. The molecule has 1 aromatic rings. The number of hydrazine groups is 1. The van der Waals surface area contributed by atoms with Gasteiger partial charge in [-0.2, -0.15) is 0 Å². The van der Waals surface area contributed by atoms with Crippen LogP contribution in [0.5, 0.6) is 0 Å². The highest BCUT2D eigenvalue weighted by atomic mass is 16.5. The number of hydrogen-bond donors (Lipinski definition) is 2. The first-order valence-electron chi connectivity index (χ1n) is 6.60. The van der Waals surface area contributed by atoms with Gasteiger partial charge >= 0.3 is 0 Å². The van der Waals surface area contributed by atoms with E-state index in [1.807, 2.05) is 13.0 Å². The second-order valence-electron chi connectivity index (χ2n) is 5.70. The number of benzene rings is 1. The quantitative estimate of drug-likeness (QED) is 0.602. The Balaban J connectivity index is 2.79. The molecule has 2 unspecified atom stereocenters. The molecular formula is C15H26N2O. The van der Waals surface area contributed by atoms with Gasteiger partial charge < -0.3 is 4.74 Å². The summed E-state index contributed by atoms with van der Waals surface area (Å²) in [5, 5.41) is 0. The van der Waals surface area contributed by atoms with Gasteiger partial charge in [-0.3, -0.25) is 11.3 Å². The Morgan fingerprint density at radius 1 is 1.22 bits per heavy atom. The minimum absolute atomic E-state index is 0.0574. The van der Waals surface area contributed by atoms with Gasteiger partial charge in [0.1, 0.15) is 0 Å². The standard InChI is InChI=1S/C15H26N2O/c1-5-18-14(15(2,3)4)13(17-16)11-12-9-7-6-8-10-12/h6-10,13-14,17H,5,11,16H2,1-4H3. The van der Waals surface area contributed by atoms with Crippen molar-refractivity contribution in [1.29, 1.82) is 0 Å². The zero-order valence-electron chi connectivity index (χ0n) is 11.9. The van der Waals surface area contributed by atoms with E-state index in [4.69, 9.17) is 10.6 Å². The smallest absolute Gasteiger partial charge is 0.0792 e. The van der Waals surface area contributed by atoms with E-state index in [1.165, 1.54) is 5.56 Å². The van der Waals surface area contributed by atoms with E-state index in [1.54, 1.807) is 0 Å². The van der Waals surface area contributed by atoms with Crippen LogP contribution in [0.1, 0.15) is 33.3 Å². The Kier molecular flexibility index (Phi) is 5.79. The van der Waals surface area contributed by atoms with E-state index < -0.39 is 0 Å². The van der Waals surface area contributed by atoms with Crippen LogP contribution in [-0.4, -0.2) is 18.8 Å². The van der Waals surface area contributed by atoms with Crippen molar-refractivity contribution in [1.82, 2.24) is 5.43 Å². The van der Waals surface area contributed by atoms with Crippen molar-refractivity contribution in [2.24, 2.45) is 11.3 Å². The summed E-state index contributed by atoms with van der Waals surface area (Å²) >= 11 is 0. The first-order valence-corrected chi connectivity index (χ1v) is 6.60. The predicted molar refractivity (Wildman–Crippen MR) is 76.1 cm³/mol. The molecule has 0 radical (unpaired) electrons. The van der Waals surface area contributed by atoms with Gasteiger partial charge in [0.2, 0.25) is 0 Å². The zero-order valence-corrected chi connectivity index (χ0v) is 11.9. The van der Waals surface area contributed by atoms with Gasteiger partial charge in [0.05, 0.1) is 12.1 Å². The first-order chi connectivity index (χ1) is 8.49. The highest BCUT2D eigenvalue weighted by molar-refractivity contribution is 5.16. The Bertz CT molecular complexity index is 332. The summed E-state index contributed by atoms with van der Waals surface area (Å²) in [6.45, 7) is 9.28. The third-order valence-corrected chi connectivity index (χ3v) is 3.08. The SMILES string of the molecule is CCOC(C(Cc1ccccc1)NN)C(C)(C)C. The molecule has 2 atom stereocenters. The number of nitrogens with two attached hydrogens (primary N) is 1. The average Bonchev–Trinajstić information content (AvgIpc) is 2.33. The van der Waals surface area contributed by atoms with Crippen molar-refractivity contribution in [3.8, 4) is 0 Å². The molecule has 0 aliphatic carbocycles. The fourth-order valence-corrected chi connectivity index (χ4v) is 2.27. The van der Waals surface area contributed by atoms with Crippen LogP contribution in [-0.2, 0) is 11.2 Å². The molecule has 0 aromatic heterocycles. The summed E-state index contributed by atoms with van der Waals surface area (Å²) in [4.78, 5) is 0. The molecule has 0 saturated carbocycles. The van der Waals surface area contributed by atoms with E-state index in [2.05, 4.69) is 50.5 Å². The van der Waals surface area contributed by atoms with Crippen molar-refractivity contribution in [2.75, 3.05) is 6.61 Å². The number of nitrogens with one attached hydrogen (secondary N) is 1. The molecule has 0 saturated heterocycles. The lowest BCUT2D eigenvalue weighted by Gasteiger charge is -2.36. The lowest BCUT2D eigenvalue weighted by molar-refractivity contribution is -0.0356. The van der Waals surface area contributed by atoms with Crippen LogP contribution >= 0.6 is 0 Å². The maximum Gasteiger partial charge on any atom is 0.0792 e. The van der Waals surface area contributed by atoms with Crippen LogP contribution < -0.4 is 11.3 Å². The van der Waals surface area contributed by atoms with Crippen LogP contribution in [0.15, 0.2) is 30.3 Å². The fourth-order valence-electron chi connectivity index (χ4n) is 2.27. The largest absolute Gasteiger partial charge is 0.376 e. The van der Waals surface area contributed by atoms with Gasteiger partial charge in [0, 0.05) is 6.61 Å². The molecule has 0 spiro atoms. The minimum Gasteiger partial charge on any atom is -0.376 e. The molecule has 0 bridgehead atoms. The van der Waals surface area contributed by atoms with Crippen molar-refractivity contribution in [2.45, 2.75) is 46.3 Å². The highest BCUT2D eigenvalue weighted by Gasteiger charge is 2.32. The molecule has 102 valence electrons. The Morgan fingerprint density at radius 3 is 2.28 bits per heavy atom. The summed E-state index contributed by atoms with van der Waals surface area (Å²) in [6.07, 6.45) is 0.965. The van der Waals surface area contributed by atoms with Gasteiger partial charge in [0.15, 0.2) is 0 Å². The summed E-state index contributed by atoms with van der Waals surface area (Å²) in [5.41, 5.74) is 4.25. The zero-order chi connectivity index (χ0) is 13.6. The molecular weight excluding hydrogens is 224 g/mol. The van der Waals surface area contributed by atoms with Gasteiger partial charge in [-0.1, -0.05) is 51.1 Å². The van der Waals surface area contributed by atoms with Gasteiger partial charge in [0.25, 0.3) is 0 Å². The molecule has 0 fully saturated rings. The van der Waals surface area contributed by atoms with Crippen LogP contribution in [0, 0.1) is 5.41 Å². The summed E-state index contributed by atoms with van der Waals surface area (Å²) in [6, 6.07) is 10.5. The van der Waals surface area contributed by atoms with Gasteiger partial charge in [-0.05, 0) is 24.3 Å². The van der Waals surface area contributed by atoms with Crippen molar-refractivity contribution >= 4 is 0 Å². The fraction of sp³-hybridized carbons (Fsp3) is 0.600.